The normalized spacial score (nSPS) is 21.2. The van der Waals surface area contributed by atoms with Crippen molar-refractivity contribution in [2.45, 2.75) is 46.1 Å². The van der Waals surface area contributed by atoms with Gasteiger partial charge in [0.2, 0.25) is 0 Å². The van der Waals surface area contributed by atoms with Gasteiger partial charge < -0.3 is 10.6 Å². The number of nitrogen functional groups attached to an aromatic ring is 1. The van der Waals surface area contributed by atoms with Crippen LogP contribution in [0.4, 0.5) is 11.4 Å². The highest BCUT2D eigenvalue weighted by Crippen LogP contribution is 2.29. The monoisotopic (exact) mass is 218 g/mol. The van der Waals surface area contributed by atoms with E-state index in [2.05, 4.69) is 37.8 Å². The molecule has 0 unspecified atom stereocenters. The van der Waals surface area contributed by atoms with Crippen LogP contribution < -0.4 is 10.6 Å². The molecule has 0 amide bonds. The first kappa shape index (κ1) is 11.3. The standard InChI is InChI=1S/C14H22N2/c1-10-8-13(9-11(2)14(10)15)16-7-5-4-6-12(16)3/h8-9,12H,4-7,15H2,1-3H3/t12-/m0/s1. The van der Waals surface area contributed by atoms with Crippen molar-refractivity contribution < 1.29 is 0 Å². The molecule has 1 heterocycles. The van der Waals surface area contributed by atoms with Gasteiger partial charge in [-0.3, -0.25) is 0 Å². The molecule has 2 rings (SSSR count). The first-order valence-electron chi connectivity index (χ1n) is 6.23. The van der Waals surface area contributed by atoms with Crippen molar-refractivity contribution in [3.63, 3.8) is 0 Å². The third kappa shape index (κ3) is 2.01. The summed E-state index contributed by atoms with van der Waals surface area (Å²) >= 11 is 0. The van der Waals surface area contributed by atoms with Gasteiger partial charge in [-0.05, 0) is 63.3 Å². The summed E-state index contributed by atoms with van der Waals surface area (Å²) in [4.78, 5) is 2.52. The lowest BCUT2D eigenvalue weighted by molar-refractivity contribution is 0.485. The number of rotatable bonds is 1. The highest BCUT2D eigenvalue weighted by molar-refractivity contribution is 5.63. The van der Waals surface area contributed by atoms with E-state index in [-0.39, 0.29) is 0 Å². The van der Waals surface area contributed by atoms with Crippen LogP contribution in [-0.2, 0) is 0 Å². The number of aryl methyl sites for hydroxylation is 2. The van der Waals surface area contributed by atoms with Crippen LogP contribution in [0.5, 0.6) is 0 Å². The molecule has 1 aromatic carbocycles. The first-order valence-corrected chi connectivity index (χ1v) is 6.23. The van der Waals surface area contributed by atoms with Gasteiger partial charge in [0.25, 0.3) is 0 Å². The summed E-state index contributed by atoms with van der Waals surface area (Å²) < 4.78 is 0. The topological polar surface area (TPSA) is 29.3 Å². The molecule has 2 nitrogen and oxygen atoms in total. The lowest BCUT2D eigenvalue weighted by Crippen LogP contribution is -2.37. The smallest absolute Gasteiger partial charge is 0.0375 e. The molecule has 2 heteroatoms. The van der Waals surface area contributed by atoms with Gasteiger partial charge in [-0.25, -0.2) is 0 Å². The van der Waals surface area contributed by atoms with Crippen molar-refractivity contribution in [1.29, 1.82) is 0 Å². The van der Waals surface area contributed by atoms with Crippen LogP contribution in [0.2, 0.25) is 0 Å². The molecule has 0 aliphatic carbocycles. The van der Waals surface area contributed by atoms with Gasteiger partial charge in [-0.1, -0.05) is 0 Å². The molecule has 16 heavy (non-hydrogen) atoms. The Morgan fingerprint density at radius 1 is 1.19 bits per heavy atom. The number of nitrogens with two attached hydrogens (primary N) is 1. The van der Waals surface area contributed by atoms with E-state index in [1.165, 1.54) is 42.6 Å². The third-order valence-corrected chi connectivity index (χ3v) is 3.71. The minimum Gasteiger partial charge on any atom is -0.398 e. The zero-order valence-electron chi connectivity index (χ0n) is 10.6. The summed E-state index contributed by atoms with van der Waals surface area (Å²) in [6.45, 7) is 7.70. The SMILES string of the molecule is Cc1cc(N2CCCC[C@@H]2C)cc(C)c1N. The van der Waals surface area contributed by atoms with Crippen molar-refractivity contribution in [3.05, 3.63) is 23.3 Å². The molecule has 0 aromatic heterocycles. The molecular weight excluding hydrogens is 196 g/mol. The maximum absolute atomic E-state index is 6.00. The zero-order valence-corrected chi connectivity index (χ0v) is 10.6. The van der Waals surface area contributed by atoms with E-state index in [0.717, 1.165) is 5.69 Å². The minimum absolute atomic E-state index is 0.663. The molecule has 1 aliphatic rings. The first-order chi connectivity index (χ1) is 7.59. The van der Waals surface area contributed by atoms with Gasteiger partial charge in [0.15, 0.2) is 0 Å². The van der Waals surface area contributed by atoms with E-state index in [4.69, 9.17) is 5.73 Å². The average molecular weight is 218 g/mol. The number of piperidine rings is 1. The van der Waals surface area contributed by atoms with E-state index in [1.54, 1.807) is 0 Å². The maximum atomic E-state index is 6.00. The van der Waals surface area contributed by atoms with Gasteiger partial charge in [-0.2, -0.15) is 0 Å². The van der Waals surface area contributed by atoms with Gasteiger partial charge in [0, 0.05) is 24.0 Å². The van der Waals surface area contributed by atoms with Crippen LogP contribution >= 0.6 is 0 Å². The molecule has 1 aromatic rings. The van der Waals surface area contributed by atoms with Crippen LogP contribution in [0, 0.1) is 13.8 Å². The molecule has 0 bridgehead atoms. The number of nitrogens with zero attached hydrogens (tertiary/aromatic N) is 1. The number of benzene rings is 1. The minimum atomic E-state index is 0.663. The Hall–Kier alpha value is -1.18. The van der Waals surface area contributed by atoms with E-state index >= 15 is 0 Å². The maximum Gasteiger partial charge on any atom is 0.0375 e. The van der Waals surface area contributed by atoms with Crippen molar-refractivity contribution in [1.82, 2.24) is 0 Å². The van der Waals surface area contributed by atoms with Crippen LogP contribution in [-0.4, -0.2) is 12.6 Å². The van der Waals surface area contributed by atoms with E-state index in [9.17, 15) is 0 Å². The molecule has 1 atom stereocenters. The summed E-state index contributed by atoms with van der Waals surface area (Å²) in [5.74, 6) is 0. The van der Waals surface area contributed by atoms with Crippen molar-refractivity contribution in [2.24, 2.45) is 0 Å². The van der Waals surface area contributed by atoms with E-state index < -0.39 is 0 Å². The van der Waals surface area contributed by atoms with E-state index in [1.807, 2.05) is 0 Å². The predicted octanol–water partition coefficient (Wildman–Crippen LogP) is 3.26. The molecule has 2 N–H and O–H groups in total. The number of anilines is 2. The second-order valence-electron chi connectivity index (χ2n) is 5.03. The third-order valence-electron chi connectivity index (χ3n) is 3.71. The fourth-order valence-electron chi connectivity index (χ4n) is 2.60. The van der Waals surface area contributed by atoms with Crippen LogP contribution in [0.3, 0.4) is 0 Å². The van der Waals surface area contributed by atoms with Crippen LogP contribution in [0.15, 0.2) is 12.1 Å². The second-order valence-corrected chi connectivity index (χ2v) is 5.03. The number of hydrogen-bond acceptors (Lipinski definition) is 2. The van der Waals surface area contributed by atoms with Gasteiger partial charge >= 0.3 is 0 Å². The average Bonchev–Trinajstić information content (AvgIpc) is 2.26. The molecule has 1 fully saturated rings. The summed E-state index contributed by atoms with van der Waals surface area (Å²) in [6.07, 6.45) is 3.99. The van der Waals surface area contributed by atoms with Crippen molar-refractivity contribution in [2.75, 3.05) is 17.2 Å². The largest absolute Gasteiger partial charge is 0.398 e. The van der Waals surface area contributed by atoms with Crippen LogP contribution in [0.1, 0.15) is 37.3 Å². The summed E-state index contributed by atoms with van der Waals surface area (Å²) in [7, 11) is 0. The zero-order chi connectivity index (χ0) is 11.7. The Balaban J connectivity index is 2.32. The van der Waals surface area contributed by atoms with Gasteiger partial charge in [0.1, 0.15) is 0 Å². The molecule has 1 saturated heterocycles. The van der Waals surface area contributed by atoms with Crippen molar-refractivity contribution >= 4 is 11.4 Å². The molecular formula is C14H22N2. The Labute approximate surface area is 98.4 Å². The van der Waals surface area contributed by atoms with Gasteiger partial charge in [0.05, 0.1) is 0 Å². The van der Waals surface area contributed by atoms with Crippen molar-refractivity contribution in [3.8, 4) is 0 Å². The quantitative estimate of drug-likeness (QED) is 0.733. The molecule has 0 saturated carbocycles. The Kier molecular flexibility index (Phi) is 3.08. The fraction of sp³-hybridized carbons (Fsp3) is 0.571. The molecule has 1 aliphatic heterocycles. The number of hydrogen-bond donors (Lipinski definition) is 1. The fourth-order valence-corrected chi connectivity index (χ4v) is 2.60. The Morgan fingerprint density at radius 2 is 1.81 bits per heavy atom. The van der Waals surface area contributed by atoms with Gasteiger partial charge in [-0.15, -0.1) is 0 Å². The summed E-state index contributed by atoms with van der Waals surface area (Å²) in [6, 6.07) is 5.12. The van der Waals surface area contributed by atoms with Crippen LogP contribution in [0.25, 0.3) is 0 Å². The second kappa shape index (κ2) is 4.36. The molecule has 88 valence electrons. The summed E-state index contributed by atoms with van der Waals surface area (Å²) in [5, 5.41) is 0. The summed E-state index contributed by atoms with van der Waals surface area (Å²) in [5.41, 5.74) is 10.7. The lowest BCUT2D eigenvalue weighted by Gasteiger charge is -2.36. The highest BCUT2D eigenvalue weighted by atomic mass is 15.2. The Morgan fingerprint density at radius 3 is 2.38 bits per heavy atom. The molecule has 0 radical (unpaired) electrons. The molecule has 0 spiro atoms. The van der Waals surface area contributed by atoms with E-state index in [0.29, 0.717) is 6.04 Å². The highest BCUT2D eigenvalue weighted by Gasteiger charge is 2.19. The predicted molar refractivity (Wildman–Crippen MR) is 71.0 cm³/mol. The Bertz CT molecular complexity index is 361. The lowest BCUT2D eigenvalue weighted by atomic mass is 10.0.